The molecule has 10 heavy (non-hydrogen) atoms. The Labute approximate surface area is 90.4 Å². The van der Waals surface area contributed by atoms with E-state index in [1.54, 1.807) is 0 Å². The van der Waals surface area contributed by atoms with E-state index in [9.17, 15) is 0 Å². The van der Waals surface area contributed by atoms with Crippen molar-refractivity contribution in [3.8, 4) is 0 Å². The van der Waals surface area contributed by atoms with Crippen LogP contribution in [0.15, 0.2) is 0 Å². The smallest absolute Gasteiger partial charge is 0.160 e. The molecule has 0 N–H and O–H groups in total. The Morgan fingerprint density at radius 3 is 1.30 bits per heavy atom. The first kappa shape index (κ1) is 12.0. The molecule has 0 heterocycles. The Morgan fingerprint density at radius 2 is 1.30 bits per heavy atom. The van der Waals surface area contributed by atoms with Crippen molar-refractivity contribution in [2.45, 2.75) is 8.92 Å². The van der Waals surface area contributed by atoms with Gasteiger partial charge in [0.2, 0.25) is 7.38 Å². The zero-order chi connectivity index (χ0) is 8.36. The van der Waals surface area contributed by atoms with Crippen LogP contribution in [0.25, 0.3) is 0 Å². The summed E-state index contributed by atoms with van der Waals surface area (Å²) in [5.74, 6) is 0. The molecule has 0 aromatic heterocycles. The third-order valence-electron chi connectivity index (χ3n) is 0.930. The Hall–Kier alpha value is 1.96. The van der Waals surface area contributed by atoms with Crippen LogP contribution in [0.3, 0.4) is 0 Å². The van der Waals surface area contributed by atoms with Crippen molar-refractivity contribution in [1.29, 1.82) is 0 Å². The third kappa shape index (κ3) is 2.78. The maximum atomic E-state index is 5.87. The molecule has 0 bridgehead atoms. The van der Waals surface area contributed by atoms with Crippen LogP contribution in [-0.4, -0.2) is 21.8 Å². The number of hydrogen-bond acceptors (Lipinski definition) is 0. The standard InChI is InChI=1S/C3H4Cl6Si/c4-1-10(9,2(5)6)3(7)8/h2-3H,1H2. The molecule has 7 heteroatoms. The van der Waals surface area contributed by atoms with Crippen LogP contribution < -0.4 is 0 Å². The number of halogens is 6. The van der Waals surface area contributed by atoms with Gasteiger partial charge < -0.3 is 0 Å². The fourth-order valence-electron chi connectivity index (χ4n) is 0.212. The van der Waals surface area contributed by atoms with Crippen molar-refractivity contribution < 1.29 is 0 Å². The van der Waals surface area contributed by atoms with E-state index in [1.165, 1.54) is 0 Å². The fraction of sp³-hybridized carbons (Fsp3) is 1.00. The lowest BCUT2D eigenvalue weighted by Gasteiger charge is -2.23. The van der Waals surface area contributed by atoms with Gasteiger partial charge in [0.1, 0.15) is 8.92 Å². The normalized spacial score (nSPS) is 13.2. The molecule has 62 valence electrons. The van der Waals surface area contributed by atoms with Crippen LogP contribution in [0.5, 0.6) is 0 Å². The average Bonchev–Trinajstić information content (AvgIpc) is 1.85. The maximum Gasteiger partial charge on any atom is 0.239 e. The summed E-state index contributed by atoms with van der Waals surface area (Å²) in [6.45, 7) is 0. The van der Waals surface area contributed by atoms with Crippen molar-refractivity contribution in [2.75, 3.05) is 5.50 Å². The van der Waals surface area contributed by atoms with Gasteiger partial charge in [-0.05, 0) is 0 Å². The highest BCUT2D eigenvalue weighted by Gasteiger charge is 2.44. The molecular weight excluding hydrogens is 277 g/mol. The topological polar surface area (TPSA) is 0 Å². The molecule has 0 aliphatic heterocycles. The van der Waals surface area contributed by atoms with Crippen LogP contribution >= 0.6 is 69.1 Å². The molecule has 0 aliphatic rings. The Balaban J connectivity index is 4.23. The van der Waals surface area contributed by atoms with E-state index in [1.807, 2.05) is 0 Å². The monoisotopic (exact) mass is 278 g/mol. The van der Waals surface area contributed by atoms with Gasteiger partial charge in [-0.2, -0.15) is 11.1 Å². The van der Waals surface area contributed by atoms with Gasteiger partial charge in [-0.1, -0.05) is 0 Å². The highest BCUT2D eigenvalue weighted by molar-refractivity contribution is 7.32. The molecule has 0 aromatic carbocycles. The Kier molecular flexibility index (Phi) is 5.81. The molecule has 0 aromatic rings. The van der Waals surface area contributed by atoms with E-state index in [0.717, 1.165) is 0 Å². The van der Waals surface area contributed by atoms with E-state index in [4.69, 9.17) is 69.1 Å². The highest BCUT2D eigenvalue weighted by atomic mass is 35.6. The van der Waals surface area contributed by atoms with E-state index >= 15 is 0 Å². The van der Waals surface area contributed by atoms with Crippen molar-refractivity contribution >= 4 is 76.5 Å². The summed E-state index contributed by atoms with van der Waals surface area (Å²) in [4.78, 5) is 0. The lowest BCUT2D eigenvalue weighted by molar-refractivity contribution is 1.57. The van der Waals surface area contributed by atoms with E-state index < -0.39 is 16.3 Å². The molecule has 0 nitrogen and oxygen atoms in total. The Bertz CT molecular complexity index is 95.2. The largest absolute Gasteiger partial charge is 0.239 e. The van der Waals surface area contributed by atoms with Gasteiger partial charge in [0.25, 0.3) is 0 Å². The quantitative estimate of drug-likeness (QED) is 0.421. The minimum atomic E-state index is -2.58. The number of alkyl halides is 5. The zero-order valence-corrected chi connectivity index (χ0v) is 10.2. The molecule has 0 aliphatic carbocycles. The second kappa shape index (κ2) is 4.86. The summed E-state index contributed by atoms with van der Waals surface area (Å²) in [6, 6.07) is 0. The molecule has 0 fully saturated rings. The van der Waals surface area contributed by atoms with Gasteiger partial charge in [-0.3, -0.25) is 0 Å². The van der Waals surface area contributed by atoms with Gasteiger partial charge in [-0.15, -0.1) is 58.0 Å². The molecular formula is C3H4Cl6Si. The summed E-state index contributed by atoms with van der Waals surface area (Å²) < 4.78 is -1.49. The summed E-state index contributed by atoms with van der Waals surface area (Å²) in [6.07, 6.45) is 0. The fourth-order valence-corrected chi connectivity index (χ4v) is 5.72. The van der Waals surface area contributed by atoms with Gasteiger partial charge >= 0.3 is 0 Å². The predicted octanol–water partition coefficient (Wildman–Crippen LogP) is 3.63. The molecule has 0 radical (unpaired) electrons. The summed E-state index contributed by atoms with van der Waals surface area (Å²) in [5.41, 5.74) is 0.143. The second-order valence-corrected chi connectivity index (χ2v) is 11.5. The minimum absolute atomic E-state index is 0.143. The van der Waals surface area contributed by atoms with Crippen molar-refractivity contribution in [1.82, 2.24) is 0 Å². The lowest BCUT2D eigenvalue weighted by atomic mass is 11.8. The zero-order valence-electron chi connectivity index (χ0n) is 4.63. The second-order valence-electron chi connectivity index (χ2n) is 1.66. The van der Waals surface area contributed by atoms with Gasteiger partial charge in [0.05, 0.1) is 0 Å². The van der Waals surface area contributed by atoms with Gasteiger partial charge in [-0.25, -0.2) is 0 Å². The molecule has 0 saturated carbocycles. The first-order valence-corrected chi connectivity index (χ1v) is 7.91. The minimum Gasteiger partial charge on any atom is -0.160 e. The van der Waals surface area contributed by atoms with Crippen molar-refractivity contribution in [3.05, 3.63) is 0 Å². The van der Waals surface area contributed by atoms with E-state index in [2.05, 4.69) is 0 Å². The first-order chi connectivity index (χ1) is 4.45. The number of hydrogen-bond donors (Lipinski definition) is 0. The maximum absolute atomic E-state index is 5.87. The Morgan fingerprint density at radius 1 is 1.00 bits per heavy atom. The SMILES string of the molecule is ClC[Si](Cl)(C(Cl)Cl)C(Cl)Cl. The van der Waals surface area contributed by atoms with Crippen molar-refractivity contribution in [2.24, 2.45) is 0 Å². The van der Waals surface area contributed by atoms with E-state index in [0.29, 0.717) is 0 Å². The predicted molar refractivity (Wildman–Crippen MR) is 53.3 cm³/mol. The first-order valence-electron chi connectivity index (χ1n) is 2.26. The molecule has 0 amide bonds. The average molecular weight is 281 g/mol. The van der Waals surface area contributed by atoms with Crippen LogP contribution in [0.1, 0.15) is 0 Å². The van der Waals surface area contributed by atoms with Crippen LogP contribution in [0.2, 0.25) is 0 Å². The third-order valence-corrected chi connectivity index (χ3v) is 12.3. The molecule has 0 atom stereocenters. The summed E-state index contributed by atoms with van der Waals surface area (Å²) in [5, 5.41) is 0. The van der Waals surface area contributed by atoms with Crippen LogP contribution in [-0.2, 0) is 0 Å². The lowest BCUT2D eigenvalue weighted by Crippen LogP contribution is -2.45. The molecule has 0 rings (SSSR count). The number of rotatable bonds is 3. The van der Waals surface area contributed by atoms with Gasteiger partial charge in [0, 0.05) is 5.50 Å². The van der Waals surface area contributed by atoms with Crippen LogP contribution in [0, 0.1) is 0 Å². The summed E-state index contributed by atoms with van der Waals surface area (Å²) >= 11 is 33.5. The molecule has 0 spiro atoms. The summed E-state index contributed by atoms with van der Waals surface area (Å²) in [7, 11) is -2.58. The van der Waals surface area contributed by atoms with Crippen molar-refractivity contribution in [3.63, 3.8) is 0 Å². The molecule has 0 unspecified atom stereocenters. The van der Waals surface area contributed by atoms with E-state index in [-0.39, 0.29) is 5.50 Å². The molecule has 0 saturated heterocycles. The van der Waals surface area contributed by atoms with Gasteiger partial charge in [0.15, 0.2) is 0 Å². The highest BCUT2D eigenvalue weighted by Crippen LogP contribution is 2.32. The van der Waals surface area contributed by atoms with Crippen LogP contribution in [0.4, 0.5) is 0 Å².